The molecule has 0 spiro atoms. The van der Waals surface area contributed by atoms with Crippen molar-refractivity contribution in [2.45, 2.75) is 51.5 Å². The SMILES string of the molecule is CCCC[C@H](NC(=O)CC1CCCNC1)C(=O)O. The van der Waals surface area contributed by atoms with Crippen molar-refractivity contribution < 1.29 is 14.7 Å². The van der Waals surface area contributed by atoms with Crippen molar-refractivity contribution in [1.29, 1.82) is 0 Å². The van der Waals surface area contributed by atoms with Crippen molar-refractivity contribution in [3.05, 3.63) is 0 Å². The van der Waals surface area contributed by atoms with Gasteiger partial charge in [0, 0.05) is 6.42 Å². The Labute approximate surface area is 108 Å². The summed E-state index contributed by atoms with van der Waals surface area (Å²) in [6.45, 7) is 3.89. The van der Waals surface area contributed by atoms with Gasteiger partial charge in [-0.15, -0.1) is 0 Å². The van der Waals surface area contributed by atoms with E-state index in [0.717, 1.165) is 38.8 Å². The molecule has 3 N–H and O–H groups in total. The normalized spacial score (nSPS) is 21.3. The third-order valence-corrected chi connectivity index (χ3v) is 3.35. The van der Waals surface area contributed by atoms with Crippen LogP contribution in [-0.4, -0.2) is 36.1 Å². The fourth-order valence-electron chi connectivity index (χ4n) is 2.28. The van der Waals surface area contributed by atoms with Gasteiger partial charge in [0.05, 0.1) is 0 Å². The number of carbonyl (C=O) groups excluding carboxylic acids is 1. The zero-order chi connectivity index (χ0) is 13.4. The molecule has 0 aromatic carbocycles. The second-order valence-electron chi connectivity index (χ2n) is 5.02. The highest BCUT2D eigenvalue weighted by atomic mass is 16.4. The second kappa shape index (κ2) is 8.08. The summed E-state index contributed by atoms with van der Waals surface area (Å²) in [4.78, 5) is 22.8. The maximum atomic E-state index is 11.8. The van der Waals surface area contributed by atoms with Crippen LogP contribution < -0.4 is 10.6 Å². The number of carbonyl (C=O) groups is 2. The van der Waals surface area contributed by atoms with Crippen LogP contribution in [0.1, 0.15) is 45.4 Å². The summed E-state index contributed by atoms with van der Waals surface area (Å²) in [7, 11) is 0. The topological polar surface area (TPSA) is 78.4 Å². The predicted molar refractivity (Wildman–Crippen MR) is 69.3 cm³/mol. The smallest absolute Gasteiger partial charge is 0.326 e. The lowest BCUT2D eigenvalue weighted by Crippen LogP contribution is -2.42. The van der Waals surface area contributed by atoms with Crippen molar-refractivity contribution in [3.63, 3.8) is 0 Å². The molecule has 1 aliphatic heterocycles. The summed E-state index contributed by atoms with van der Waals surface area (Å²) >= 11 is 0. The zero-order valence-corrected chi connectivity index (χ0v) is 11.1. The molecule has 18 heavy (non-hydrogen) atoms. The van der Waals surface area contributed by atoms with Crippen LogP contribution in [0.5, 0.6) is 0 Å². The van der Waals surface area contributed by atoms with E-state index in [-0.39, 0.29) is 5.91 Å². The number of piperidine rings is 1. The Kier molecular flexibility index (Phi) is 6.72. The van der Waals surface area contributed by atoms with Gasteiger partial charge in [0.15, 0.2) is 0 Å². The van der Waals surface area contributed by atoms with Crippen LogP contribution in [0.15, 0.2) is 0 Å². The fourth-order valence-corrected chi connectivity index (χ4v) is 2.28. The Morgan fingerprint density at radius 3 is 2.83 bits per heavy atom. The number of carboxylic acids is 1. The van der Waals surface area contributed by atoms with Crippen molar-refractivity contribution in [2.24, 2.45) is 5.92 Å². The Morgan fingerprint density at radius 1 is 1.50 bits per heavy atom. The first kappa shape index (κ1) is 15.0. The maximum absolute atomic E-state index is 11.8. The van der Waals surface area contributed by atoms with Crippen LogP contribution in [0.3, 0.4) is 0 Å². The first-order valence-electron chi connectivity index (χ1n) is 6.86. The first-order valence-corrected chi connectivity index (χ1v) is 6.86. The number of hydrogen-bond donors (Lipinski definition) is 3. The molecule has 1 fully saturated rings. The molecule has 1 aliphatic rings. The standard InChI is InChI=1S/C13H24N2O3/c1-2-3-6-11(13(17)18)15-12(16)8-10-5-4-7-14-9-10/h10-11,14H,2-9H2,1H3,(H,15,16)(H,17,18)/t10?,11-/m0/s1. The molecule has 0 aliphatic carbocycles. The van der Waals surface area contributed by atoms with Gasteiger partial charge in [-0.2, -0.15) is 0 Å². The summed E-state index contributed by atoms with van der Waals surface area (Å²) in [6, 6.07) is -0.728. The molecule has 1 rings (SSSR count). The van der Waals surface area contributed by atoms with Crippen LogP contribution in [0.2, 0.25) is 0 Å². The predicted octanol–water partition coefficient (Wildman–Crippen LogP) is 1.14. The van der Waals surface area contributed by atoms with E-state index in [4.69, 9.17) is 5.11 Å². The Bertz CT molecular complexity index is 275. The van der Waals surface area contributed by atoms with E-state index in [0.29, 0.717) is 18.8 Å². The van der Waals surface area contributed by atoms with E-state index in [1.165, 1.54) is 0 Å². The van der Waals surface area contributed by atoms with Crippen LogP contribution in [0.25, 0.3) is 0 Å². The lowest BCUT2D eigenvalue weighted by atomic mass is 9.95. The summed E-state index contributed by atoms with van der Waals surface area (Å²) in [5.74, 6) is -0.717. The Balaban J connectivity index is 2.32. The Hall–Kier alpha value is -1.10. The molecular formula is C13H24N2O3. The number of hydrogen-bond acceptors (Lipinski definition) is 3. The van der Waals surface area contributed by atoms with E-state index in [1.54, 1.807) is 0 Å². The number of amides is 1. The maximum Gasteiger partial charge on any atom is 0.326 e. The minimum absolute atomic E-state index is 0.132. The van der Waals surface area contributed by atoms with E-state index >= 15 is 0 Å². The molecule has 2 atom stereocenters. The number of carboxylic acid groups (broad SMARTS) is 1. The molecular weight excluding hydrogens is 232 g/mol. The molecule has 0 aromatic heterocycles. The fraction of sp³-hybridized carbons (Fsp3) is 0.846. The summed E-state index contributed by atoms with van der Waals surface area (Å²) in [5, 5.41) is 14.9. The van der Waals surface area contributed by atoms with Gasteiger partial charge >= 0.3 is 5.97 Å². The second-order valence-corrected chi connectivity index (χ2v) is 5.02. The molecule has 1 saturated heterocycles. The average Bonchev–Trinajstić information content (AvgIpc) is 2.35. The van der Waals surface area contributed by atoms with Crippen LogP contribution >= 0.6 is 0 Å². The van der Waals surface area contributed by atoms with Gasteiger partial charge in [-0.05, 0) is 38.3 Å². The summed E-state index contributed by atoms with van der Waals surface area (Å²) < 4.78 is 0. The van der Waals surface area contributed by atoms with Gasteiger partial charge < -0.3 is 15.7 Å². The zero-order valence-electron chi connectivity index (χ0n) is 11.1. The van der Waals surface area contributed by atoms with Gasteiger partial charge in [-0.1, -0.05) is 19.8 Å². The van der Waals surface area contributed by atoms with E-state index in [9.17, 15) is 9.59 Å². The molecule has 5 nitrogen and oxygen atoms in total. The highest BCUT2D eigenvalue weighted by Gasteiger charge is 2.22. The number of nitrogens with one attached hydrogen (secondary N) is 2. The molecule has 0 saturated carbocycles. The number of aliphatic carboxylic acids is 1. The van der Waals surface area contributed by atoms with Gasteiger partial charge in [0.1, 0.15) is 6.04 Å². The van der Waals surface area contributed by atoms with E-state index in [1.807, 2.05) is 6.92 Å². The van der Waals surface area contributed by atoms with E-state index < -0.39 is 12.0 Å². The average molecular weight is 256 g/mol. The molecule has 5 heteroatoms. The van der Waals surface area contributed by atoms with Gasteiger partial charge in [0.25, 0.3) is 0 Å². The molecule has 0 bridgehead atoms. The molecule has 1 unspecified atom stereocenters. The number of unbranched alkanes of at least 4 members (excludes halogenated alkanes) is 1. The molecule has 104 valence electrons. The van der Waals surface area contributed by atoms with Crippen molar-refractivity contribution in [2.75, 3.05) is 13.1 Å². The van der Waals surface area contributed by atoms with Crippen LogP contribution in [0.4, 0.5) is 0 Å². The van der Waals surface area contributed by atoms with Gasteiger partial charge in [0.2, 0.25) is 5.91 Å². The van der Waals surface area contributed by atoms with E-state index in [2.05, 4.69) is 10.6 Å². The highest BCUT2D eigenvalue weighted by molar-refractivity contribution is 5.83. The third-order valence-electron chi connectivity index (χ3n) is 3.35. The molecule has 1 amide bonds. The van der Waals surface area contributed by atoms with Gasteiger partial charge in [-0.3, -0.25) is 4.79 Å². The summed E-state index contributed by atoms with van der Waals surface area (Å²) in [5.41, 5.74) is 0. The first-order chi connectivity index (χ1) is 8.63. The van der Waals surface area contributed by atoms with Crippen molar-refractivity contribution in [1.82, 2.24) is 10.6 Å². The van der Waals surface area contributed by atoms with Crippen LogP contribution in [-0.2, 0) is 9.59 Å². The largest absolute Gasteiger partial charge is 0.480 e. The third kappa shape index (κ3) is 5.49. The minimum atomic E-state index is -0.932. The lowest BCUT2D eigenvalue weighted by Gasteiger charge is -2.23. The lowest BCUT2D eigenvalue weighted by molar-refractivity contribution is -0.142. The quantitative estimate of drug-likeness (QED) is 0.638. The highest BCUT2D eigenvalue weighted by Crippen LogP contribution is 2.14. The number of rotatable bonds is 7. The Morgan fingerprint density at radius 2 is 2.28 bits per heavy atom. The van der Waals surface area contributed by atoms with Gasteiger partial charge in [-0.25, -0.2) is 4.79 Å². The monoisotopic (exact) mass is 256 g/mol. The van der Waals surface area contributed by atoms with Crippen molar-refractivity contribution in [3.8, 4) is 0 Å². The molecule has 0 aromatic rings. The molecule has 1 heterocycles. The molecule has 0 radical (unpaired) electrons. The van der Waals surface area contributed by atoms with Crippen molar-refractivity contribution >= 4 is 11.9 Å². The summed E-state index contributed by atoms with van der Waals surface area (Å²) in [6.07, 6.45) is 4.85. The van der Waals surface area contributed by atoms with Crippen LogP contribution in [0, 0.1) is 5.92 Å². The minimum Gasteiger partial charge on any atom is -0.480 e.